The molecule has 2 heterocycles. The monoisotopic (exact) mass is 665 g/mol. The lowest BCUT2D eigenvalue weighted by molar-refractivity contribution is -0.137. The van der Waals surface area contributed by atoms with Crippen molar-refractivity contribution in [1.29, 1.82) is 0 Å². The van der Waals surface area contributed by atoms with E-state index in [1.54, 1.807) is 11.0 Å². The van der Waals surface area contributed by atoms with Crippen molar-refractivity contribution in [1.82, 2.24) is 15.1 Å². The van der Waals surface area contributed by atoms with Crippen LogP contribution in [0.15, 0.2) is 69.9 Å². The number of amides is 1. The fourth-order valence-corrected chi connectivity index (χ4v) is 7.16. The van der Waals surface area contributed by atoms with Gasteiger partial charge in [0.2, 0.25) is 5.91 Å². The Morgan fingerprint density at radius 2 is 1.41 bits per heavy atom. The SMILES string of the molecule is COC(=O)C1=C(CC(=O)N2CCN(C)CC2)NC(CS(=O)(=O)c2ccc(OC)cc2)=C(C(=O)OC)C1c1c(Cl)cccc1Cl. The molecule has 4 rings (SSSR count). The number of sulfone groups is 1. The number of nitrogens with one attached hydrogen (secondary N) is 1. The molecular weight excluding hydrogens is 633 g/mol. The Bertz CT molecular complexity index is 1590. The summed E-state index contributed by atoms with van der Waals surface area (Å²) in [7, 11) is 1.60. The maximum Gasteiger partial charge on any atom is 0.336 e. The van der Waals surface area contributed by atoms with E-state index in [0.717, 1.165) is 14.2 Å². The number of benzene rings is 2. The Morgan fingerprint density at radius 3 is 1.93 bits per heavy atom. The van der Waals surface area contributed by atoms with E-state index in [1.165, 1.54) is 43.5 Å². The van der Waals surface area contributed by atoms with Crippen LogP contribution < -0.4 is 10.1 Å². The van der Waals surface area contributed by atoms with Crippen molar-refractivity contribution < 1.29 is 37.0 Å². The number of rotatable bonds is 9. The van der Waals surface area contributed by atoms with Crippen molar-refractivity contribution in [2.75, 3.05) is 60.3 Å². The maximum atomic E-state index is 13.7. The van der Waals surface area contributed by atoms with Gasteiger partial charge in [-0.1, -0.05) is 29.3 Å². The number of piperazine rings is 1. The summed E-state index contributed by atoms with van der Waals surface area (Å²) in [6.45, 7) is 2.27. The largest absolute Gasteiger partial charge is 0.497 e. The standard InChI is InChI=1S/C30H33Cl2N3O8S/c1-34-12-14-35(15-13-34)24(36)16-22-26(29(37)42-3)28(25-20(31)6-5-7-21(25)32)27(30(38)43-4)23(33-22)17-44(39,40)19-10-8-18(41-2)9-11-19/h5-11,28,33H,12-17H2,1-4H3. The zero-order valence-corrected chi connectivity index (χ0v) is 27.0. The molecule has 1 N–H and O–H groups in total. The predicted molar refractivity (Wildman–Crippen MR) is 164 cm³/mol. The Hall–Kier alpha value is -3.58. The van der Waals surface area contributed by atoms with E-state index in [9.17, 15) is 22.8 Å². The van der Waals surface area contributed by atoms with Crippen LogP contribution in [0.4, 0.5) is 0 Å². The zero-order valence-electron chi connectivity index (χ0n) is 24.7. The number of carbonyl (C=O) groups excluding carboxylic acids is 3. The number of hydrogen-bond donors (Lipinski definition) is 1. The topological polar surface area (TPSA) is 132 Å². The molecule has 0 aromatic heterocycles. The van der Waals surface area contributed by atoms with Gasteiger partial charge in [-0.3, -0.25) is 4.79 Å². The predicted octanol–water partition coefficient (Wildman–Crippen LogP) is 3.18. The van der Waals surface area contributed by atoms with Gasteiger partial charge in [0.1, 0.15) is 5.75 Å². The van der Waals surface area contributed by atoms with E-state index in [2.05, 4.69) is 10.2 Å². The summed E-state index contributed by atoms with van der Waals surface area (Å²) in [5, 5.41) is 3.17. The Balaban J connectivity index is 1.92. The molecule has 1 unspecified atom stereocenters. The lowest BCUT2D eigenvalue weighted by Crippen LogP contribution is -2.47. The second kappa shape index (κ2) is 14.0. The van der Waals surface area contributed by atoms with Gasteiger partial charge in [0.15, 0.2) is 9.84 Å². The van der Waals surface area contributed by atoms with Crippen LogP contribution in [0.3, 0.4) is 0 Å². The Labute approximate surface area is 266 Å². The molecule has 14 heteroatoms. The molecule has 2 aromatic carbocycles. The number of ether oxygens (including phenoxy) is 3. The first-order valence-electron chi connectivity index (χ1n) is 13.6. The minimum Gasteiger partial charge on any atom is -0.497 e. The van der Waals surface area contributed by atoms with Crippen LogP contribution in [0.5, 0.6) is 5.75 Å². The van der Waals surface area contributed by atoms with Gasteiger partial charge < -0.3 is 29.3 Å². The van der Waals surface area contributed by atoms with E-state index < -0.39 is 33.4 Å². The minimum absolute atomic E-state index is 0.0399. The summed E-state index contributed by atoms with van der Waals surface area (Å²) in [4.78, 5) is 44.2. The van der Waals surface area contributed by atoms with Gasteiger partial charge in [-0.2, -0.15) is 0 Å². The number of esters is 2. The molecule has 1 atom stereocenters. The second-order valence-corrected chi connectivity index (χ2v) is 13.1. The highest BCUT2D eigenvalue weighted by molar-refractivity contribution is 7.91. The third-order valence-electron chi connectivity index (χ3n) is 7.57. The van der Waals surface area contributed by atoms with Crippen LogP contribution in [0.1, 0.15) is 17.9 Å². The van der Waals surface area contributed by atoms with Crippen molar-refractivity contribution >= 4 is 50.9 Å². The number of methoxy groups -OCH3 is 3. The molecule has 44 heavy (non-hydrogen) atoms. The third-order valence-corrected chi connectivity index (χ3v) is 9.88. The molecule has 0 bridgehead atoms. The molecule has 0 radical (unpaired) electrons. The lowest BCUT2D eigenvalue weighted by atomic mass is 9.79. The molecule has 11 nitrogen and oxygen atoms in total. The summed E-state index contributed by atoms with van der Waals surface area (Å²) >= 11 is 13.2. The summed E-state index contributed by atoms with van der Waals surface area (Å²) in [6.07, 6.45) is -0.312. The van der Waals surface area contributed by atoms with Crippen molar-refractivity contribution in [2.24, 2.45) is 0 Å². The number of hydrogen-bond acceptors (Lipinski definition) is 10. The van der Waals surface area contributed by atoms with Crippen LogP contribution in [-0.4, -0.2) is 96.4 Å². The maximum absolute atomic E-state index is 13.7. The zero-order chi connectivity index (χ0) is 32.2. The normalized spacial score (nSPS) is 17.7. The van der Waals surface area contributed by atoms with Crippen LogP contribution in [-0.2, 0) is 33.7 Å². The third kappa shape index (κ3) is 7.04. The van der Waals surface area contributed by atoms with Gasteiger partial charge in [0, 0.05) is 53.2 Å². The highest BCUT2D eigenvalue weighted by atomic mass is 35.5. The molecule has 0 saturated carbocycles. The number of carbonyl (C=O) groups is 3. The molecule has 236 valence electrons. The number of halogens is 2. The first-order chi connectivity index (χ1) is 20.9. The van der Waals surface area contributed by atoms with Gasteiger partial charge in [0.25, 0.3) is 0 Å². The fourth-order valence-electron chi connectivity index (χ4n) is 5.22. The van der Waals surface area contributed by atoms with Gasteiger partial charge in [0.05, 0.1) is 55.5 Å². The molecule has 2 aromatic rings. The summed E-state index contributed by atoms with van der Waals surface area (Å²) < 4.78 is 42.8. The van der Waals surface area contributed by atoms with Crippen molar-refractivity contribution in [3.05, 3.63) is 80.6 Å². The molecule has 2 aliphatic rings. The quantitative estimate of drug-likeness (QED) is 0.399. The highest BCUT2D eigenvalue weighted by Crippen LogP contribution is 2.45. The number of nitrogens with zero attached hydrogens (tertiary/aromatic N) is 2. The van der Waals surface area contributed by atoms with Crippen LogP contribution in [0.25, 0.3) is 0 Å². The average Bonchev–Trinajstić information content (AvgIpc) is 3.00. The van der Waals surface area contributed by atoms with Gasteiger partial charge >= 0.3 is 11.9 Å². The average molecular weight is 667 g/mol. The summed E-state index contributed by atoms with van der Waals surface area (Å²) in [5.41, 5.74) is -0.203. The second-order valence-electron chi connectivity index (χ2n) is 10.3. The highest BCUT2D eigenvalue weighted by Gasteiger charge is 2.43. The molecule has 1 saturated heterocycles. The van der Waals surface area contributed by atoms with Crippen molar-refractivity contribution in [3.8, 4) is 5.75 Å². The fraction of sp³-hybridized carbons (Fsp3) is 0.367. The summed E-state index contributed by atoms with van der Waals surface area (Å²) in [5.74, 6) is -3.66. The number of dihydropyridines is 1. The van der Waals surface area contributed by atoms with Gasteiger partial charge in [-0.15, -0.1) is 0 Å². The Kier molecular flexibility index (Phi) is 10.6. The first kappa shape index (κ1) is 33.3. The molecule has 0 aliphatic carbocycles. The van der Waals surface area contributed by atoms with E-state index >= 15 is 0 Å². The molecule has 0 spiro atoms. The van der Waals surface area contributed by atoms with E-state index in [1.807, 2.05) is 7.05 Å². The van der Waals surface area contributed by atoms with Crippen LogP contribution >= 0.6 is 23.2 Å². The van der Waals surface area contributed by atoms with Gasteiger partial charge in [-0.25, -0.2) is 18.0 Å². The summed E-state index contributed by atoms with van der Waals surface area (Å²) in [6, 6.07) is 10.4. The van der Waals surface area contributed by atoms with Crippen LogP contribution in [0, 0.1) is 0 Å². The molecule has 2 aliphatic heterocycles. The molecule has 1 amide bonds. The smallest absolute Gasteiger partial charge is 0.336 e. The number of likely N-dealkylation sites (N-methyl/N-ethyl adjacent to an activating group) is 1. The first-order valence-corrected chi connectivity index (χ1v) is 16.0. The van der Waals surface area contributed by atoms with Gasteiger partial charge in [-0.05, 0) is 43.4 Å². The van der Waals surface area contributed by atoms with Crippen molar-refractivity contribution in [2.45, 2.75) is 17.2 Å². The van der Waals surface area contributed by atoms with E-state index in [0.29, 0.717) is 31.9 Å². The Morgan fingerprint density at radius 1 is 0.864 bits per heavy atom. The lowest BCUT2D eigenvalue weighted by Gasteiger charge is -2.35. The molecular formula is C30H33Cl2N3O8S. The molecule has 1 fully saturated rings. The van der Waals surface area contributed by atoms with Crippen molar-refractivity contribution in [3.63, 3.8) is 0 Å². The minimum atomic E-state index is -4.10. The van der Waals surface area contributed by atoms with E-state index in [4.69, 9.17) is 37.4 Å². The van der Waals surface area contributed by atoms with Crippen LogP contribution in [0.2, 0.25) is 10.0 Å². The van der Waals surface area contributed by atoms with E-state index in [-0.39, 0.29) is 55.4 Å².